The highest BCUT2D eigenvalue weighted by Gasteiger charge is 2.35. The van der Waals surface area contributed by atoms with E-state index in [9.17, 15) is 24.0 Å². The molecule has 3 amide bonds. The van der Waals surface area contributed by atoms with Crippen LogP contribution in [0.25, 0.3) is 0 Å². The molecule has 1 fully saturated rings. The zero-order valence-electron chi connectivity index (χ0n) is 25.3. The Morgan fingerprint density at radius 3 is 2.12 bits per heavy atom. The quantitative estimate of drug-likeness (QED) is 0.284. The lowest BCUT2D eigenvalue weighted by molar-refractivity contribution is -0.135. The minimum Gasteiger partial charge on any atom is -0.445 e. The summed E-state index contributed by atoms with van der Waals surface area (Å²) in [4.78, 5) is 64.0. The molecule has 2 aromatic rings. The Balaban J connectivity index is 1.76. The predicted molar refractivity (Wildman–Crippen MR) is 161 cm³/mol. The first-order chi connectivity index (χ1) is 20.4. The van der Waals surface area contributed by atoms with E-state index in [0.717, 1.165) is 17.5 Å². The number of alkyl carbamates (subject to hydrolysis) is 1. The van der Waals surface area contributed by atoms with Gasteiger partial charge in [-0.3, -0.25) is 14.4 Å². The Morgan fingerprint density at radius 1 is 0.930 bits per heavy atom. The second-order valence-electron chi connectivity index (χ2n) is 11.9. The molecule has 0 aliphatic heterocycles. The molecule has 0 spiro atoms. The van der Waals surface area contributed by atoms with Crippen molar-refractivity contribution in [3.8, 4) is 0 Å². The molecular formula is C33H43N3O7. The molecule has 2 aromatic carbocycles. The number of benzene rings is 2. The van der Waals surface area contributed by atoms with E-state index in [1.165, 1.54) is 0 Å². The number of Topliss-reactive ketones (excluding diaryl/α,β-unsaturated/α-hetero) is 1. The van der Waals surface area contributed by atoms with Crippen molar-refractivity contribution >= 4 is 30.0 Å². The van der Waals surface area contributed by atoms with Crippen LogP contribution in [-0.4, -0.2) is 59.8 Å². The fraction of sp³-hybridized carbons (Fsp3) is 0.485. The third-order valence-corrected chi connectivity index (χ3v) is 7.15. The summed E-state index contributed by atoms with van der Waals surface area (Å²) in [6.07, 6.45) is 1.29. The molecule has 0 saturated heterocycles. The van der Waals surface area contributed by atoms with Crippen LogP contribution in [0.5, 0.6) is 0 Å². The molecule has 5 atom stereocenters. The van der Waals surface area contributed by atoms with Gasteiger partial charge < -0.3 is 30.2 Å². The molecule has 3 rings (SSSR count). The van der Waals surface area contributed by atoms with Gasteiger partial charge >= 0.3 is 6.09 Å². The molecule has 1 aliphatic rings. The minimum atomic E-state index is -1.20. The number of hydrogen-bond acceptors (Lipinski definition) is 7. The first-order valence-electron chi connectivity index (χ1n) is 14.7. The maximum Gasteiger partial charge on any atom is 0.408 e. The highest BCUT2D eigenvalue weighted by atomic mass is 16.6. The average molecular weight is 594 g/mol. The zero-order chi connectivity index (χ0) is 31.4. The van der Waals surface area contributed by atoms with Gasteiger partial charge in [0.25, 0.3) is 0 Å². The predicted octanol–water partition coefficient (Wildman–Crippen LogP) is 3.66. The summed E-state index contributed by atoms with van der Waals surface area (Å²) in [6.45, 7) is 7.14. The number of ketones is 1. The largest absolute Gasteiger partial charge is 0.445 e. The molecule has 0 bridgehead atoms. The summed E-state index contributed by atoms with van der Waals surface area (Å²) < 4.78 is 11.3. The van der Waals surface area contributed by atoms with Gasteiger partial charge in [0.05, 0.1) is 17.7 Å². The lowest BCUT2D eigenvalue weighted by atomic mass is 9.97. The fourth-order valence-electron chi connectivity index (χ4n) is 5.11. The van der Waals surface area contributed by atoms with Crippen molar-refractivity contribution < 1.29 is 33.4 Å². The summed E-state index contributed by atoms with van der Waals surface area (Å²) in [5.41, 5.74) is 0.923. The smallest absolute Gasteiger partial charge is 0.408 e. The summed E-state index contributed by atoms with van der Waals surface area (Å²) in [5.74, 6) is -1.41. The Hall–Kier alpha value is -4.05. The summed E-state index contributed by atoms with van der Waals surface area (Å²) in [6, 6.07) is 15.1. The van der Waals surface area contributed by atoms with Crippen molar-refractivity contribution in [1.82, 2.24) is 16.0 Å². The molecule has 0 aromatic heterocycles. The van der Waals surface area contributed by atoms with Gasteiger partial charge in [0.15, 0.2) is 0 Å². The van der Waals surface area contributed by atoms with Crippen LogP contribution in [0.1, 0.15) is 64.5 Å². The van der Waals surface area contributed by atoms with Gasteiger partial charge in [-0.25, -0.2) is 4.79 Å². The summed E-state index contributed by atoms with van der Waals surface area (Å²) >= 11 is 0. The number of ether oxygens (including phenoxy) is 2. The molecule has 10 nitrogen and oxygen atoms in total. The minimum absolute atomic E-state index is 0.00510. The maximum absolute atomic E-state index is 13.7. The van der Waals surface area contributed by atoms with Gasteiger partial charge in [-0.1, -0.05) is 60.7 Å². The van der Waals surface area contributed by atoms with Crippen LogP contribution in [0.15, 0.2) is 60.7 Å². The van der Waals surface area contributed by atoms with Crippen molar-refractivity contribution in [2.75, 3.05) is 0 Å². The van der Waals surface area contributed by atoms with Gasteiger partial charge in [-0.2, -0.15) is 0 Å². The molecule has 1 unspecified atom stereocenters. The molecule has 1 saturated carbocycles. The van der Waals surface area contributed by atoms with Crippen LogP contribution in [0.3, 0.4) is 0 Å². The van der Waals surface area contributed by atoms with Crippen LogP contribution in [0.2, 0.25) is 0 Å². The molecule has 3 N–H and O–H groups in total. The monoisotopic (exact) mass is 593 g/mol. The third-order valence-electron chi connectivity index (χ3n) is 7.15. The molecular weight excluding hydrogens is 550 g/mol. The first-order valence-corrected chi connectivity index (χ1v) is 14.7. The van der Waals surface area contributed by atoms with Crippen LogP contribution in [0.4, 0.5) is 4.79 Å². The van der Waals surface area contributed by atoms with Gasteiger partial charge in [0.1, 0.15) is 30.8 Å². The van der Waals surface area contributed by atoms with Gasteiger partial charge in [0, 0.05) is 18.8 Å². The topological polar surface area (TPSA) is 140 Å². The molecule has 232 valence electrons. The Bertz CT molecular complexity index is 1230. The first kappa shape index (κ1) is 33.5. The standard InChI is InChI=1S/C33H43N3O7/c1-22(43-33(2,3)4)29(36-32(41)42-21-24-14-9-6-10-15-24)31(40)35-27(18-23-12-7-5-8-13-23)30(39)34-26(20-37)19-25-16-11-17-28(25)38/h5-10,12-15,20,22,25-27,29H,11,16-19,21H2,1-4H3,(H,34,39)(H,35,40)(H,36,41)/t22?,25-,26-,27-,29-/m0/s1. The number of hydrogen-bond donors (Lipinski definition) is 3. The number of nitrogens with one attached hydrogen (secondary N) is 3. The second-order valence-corrected chi connectivity index (χ2v) is 11.9. The van der Waals surface area contributed by atoms with Crippen LogP contribution in [0, 0.1) is 5.92 Å². The van der Waals surface area contributed by atoms with Crippen LogP contribution < -0.4 is 16.0 Å². The number of rotatable bonds is 14. The van der Waals surface area contributed by atoms with Crippen molar-refractivity contribution in [2.45, 2.75) is 96.2 Å². The highest BCUT2D eigenvalue weighted by Crippen LogP contribution is 2.25. The molecule has 0 radical (unpaired) electrons. The Kier molecular flexibility index (Phi) is 12.4. The number of amides is 3. The van der Waals surface area contributed by atoms with Crippen molar-refractivity contribution in [2.24, 2.45) is 5.92 Å². The SMILES string of the molecule is CC(OC(C)(C)C)[C@H](NC(=O)OCc1ccccc1)C(=O)N[C@@H](Cc1ccccc1)C(=O)N[C@H](C=O)C[C@@H]1CCCC1=O. The van der Waals surface area contributed by atoms with Crippen molar-refractivity contribution in [1.29, 1.82) is 0 Å². The number of carbonyl (C=O) groups excluding carboxylic acids is 5. The van der Waals surface area contributed by atoms with Crippen LogP contribution in [-0.2, 0) is 41.7 Å². The van der Waals surface area contributed by atoms with E-state index in [2.05, 4.69) is 16.0 Å². The van der Waals surface area contributed by atoms with E-state index in [-0.39, 0.29) is 31.1 Å². The van der Waals surface area contributed by atoms with Gasteiger partial charge in [-0.05, 0) is 58.1 Å². The number of aldehydes is 1. The number of carbonyl (C=O) groups is 5. The van der Waals surface area contributed by atoms with E-state index >= 15 is 0 Å². The third kappa shape index (κ3) is 11.3. The van der Waals surface area contributed by atoms with Gasteiger partial charge in [0.2, 0.25) is 11.8 Å². The molecule has 43 heavy (non-hydrogen) atoms. The summed E-state index contributed by atoms with van der Waals surface area (Å²) in [5, 5.41) is 8.07. The zero-order valence-corrected chi connectivity index (χ0v) is 25.3. The fourth-order valence-corrected chi connectivity index (χ4v) is 5.11. The Morgan fingerprint density at radius 2 is 1.56 bits per heavy atom. The molecule has 10 heteroatoms. The Labute approximate surface area is 253 Å². The molecule has 1 aliphatic carbocycles. The van der Waals surface area contributed by atoms with Gasteiger partial charge in [-0.15, -0.1) is 0 Å². The lowest BCUT2D eigenvalue weighted by Gasteiger charge is -2.31. The normalized spacial score (nSPS) is 17.7. The molecule has 0 heterocycles. The summed E-state index contributed by atoms with van der Waals surface area (Å²) in [7, 11) is 0. The average Bonchev–Trinajstić information content (AvgIpc) is 3.37. The van der Waals surface area contributed by atoms with Crippen LogP contribution >= 0.6 is 0 Å². The van der Waals surface area contributed by atoms with E-state index in [4.69, 9.17) is 9.47 Å². The van der Waals surface area contributed by atoms with Crippen molar-refractivity contribution in [3.05, 3.63) is 71.8 Å². The lowest BCUT2D eigenvalue weighted by Crippen LogP contribution is -2.59. The second kappa shape index (κ2) is 16.0. The maximum atomic E-state index is 13.7. The van der Waals surface area contributed by atoms with Crippen molar-refractivity contribution in [3.63, 3.8) is 0 Å². The highest BCUT2D eigenvalue weighted by molar-refractivity contribution is 5.93. The van der Waals surface area contributed by atoms with E-state index < -0.39 is 47.7 Å². The van der Waals surface area contributed by atoms with E-state index in [1.54, 1.807) is 6.92 Å². The van der Waals surface area contributed by atoms with E-state index in [0.29, 0.717) is 19.1 Å². The van der Waals surface area contributed by atoms with E-state index in [1.807, 2.05) is 81.4 Å².